The lowest BCUT2D eigenvalue weighted by atomic mass is 9.79. The Hall–Kier alpha value is -2.39. The minimum absolute atomic E-state index is 0.316. The Labute approximate surface area is 296 Å². The Bertz CT molecular complexity index is 1460. The molecule has 0 aliphatic rings. The van der Waals surface area contributed by atoms with Crippen molar-refractivity contribution in [2.24, 2.45) is 0 Å². The molecule has 0 amide bonds. The predicted octanol–water partition coefficient (Wildman–Crippen LogP) is 11.5. The van der Waals surface area contributed by atoms with Gasteiger partial charge in [0.25, 0.3) is 0 Å². The molecule has 2 atom stereocenters. The fourth-order valence-electron chi connectivity index (χ4n) is 6.85. The third kappa shape index (κ3) is 11.1. The van der Waals surface area contributed by atoms with E-state index in [1.807, 2.05) is 34.4 Å². The summed E-state index contributed by atoms with van der Waals surface area (Å²) in [6.07, 6.45) is 25.7. The number of nitrogen functional groups attached to an aromatic ring is 1. The van der Waals surface area contributed by atoms with E-state index in [0.29, 0.717) is 29.9 Å². The highest BCUT2D eigenvalue weighted by Crippen LogP contribution is 2.50. The molecule has 11 heteroatoms. The average Bonchev–Trinajstić information content (AvgIpc) is 3.88. The van der Waals surface area contributed by atoms with Crippen LogP contribution in [0.1, 0.15) is 139 Å². The summed E-state index contributed by atoms with van der Waals surface area (Å²) in [5.74, 6) is -0.702. The molecule has 264 valence electrons. The molecule has 0 saturated heterocycles. The molecule has 0 spiro atoms. The highest BCUT2D eigenvalue weighted by Gasteiger charge is 2.48. The second-order valence-electron chi connectivity index (χ2n) is 13.2. The van der Waals surface area contributed by atoms with E-state index in [2.05, 4.69) is 34.0 Å². The summed E-state index contributed by atoms with van der Waals surface area (Å²) in [5, 5.41) is 4.07. The largest absolute Gasteiger partial charge is 0.382 e. The second kappa shape index (κ2) is 21.0. The fourth-order valence-corrected chi connectivity index (χ4v) is 10.1. The third-order valence-corrected chi connectivity index (χ3v) is 12.5. The van der Waals surface area contributed by atoms with E-state index < -0.39 is 25.0 Å². The Kier molecular flexibility index (Phi) is 16.8. The van der Waals surface area contributed by atoms with Gasteiger partial charge in [-0.2, -0.15) is 0 Å². The van der Waals surface area contributed by atoms with Gasteiger partial charge >= 0.3 is 7.68 Å². The molecule has 0 fully saturated rings. The lowest BCUT2D eigenvalue weighted by Gasteiger charge is -2.37. The fraction of sp³-hybridized carbons (Fsp3) is 0.649. The molecule has 0 aliphatic carbocycles. The minimum Gasteiger partial charge on any atom is -0.382 e. The number of ether oxygens (including phenoxy) is 1. The zero-order valence-corrected chi connectivity index (χ0v) is 31.6. The van der Waals surface area contributed by atoms with Gasteiger partial charge in [-0.1, -0.05) is 128 Å². The van der Waals surface area contributed by atoms with Crippen molar-refractivity contribution in [2.75, 3.05) is 5.73 Å². The third-order valence-electron chi connectivity index (χ3n) is 9.45. The molecule has 4 aromatic rings. The van der Waals surface area contributed by atoms with Crippen LogP contribution in [0.25, 0.3) is 11.2 Å². The van der Waals surface area contributed by atoms with Gasteiger partial charge in [-0.3, -0.25) is 0 Å². The Morgan fingerprint density at radius 2 is 1.31 bits per heavy atom. The van der Waals surface area contributed by atoms with Crippen molar-refractivity contribution < 1.29 is 13.9 Å². The quantitative estimate of drug-likeness (QED) is 0.0509. The molecule has 48 heavy (non-hydrogen) atoms. The smallest absolute Gasteiger partial charge is 0.346 e. The molecule has 2 N–H and O–H groups in total. The lowest BCUT2D eigenvalue weighted by molar-refractivity contribution is -0.000993. The van der Waals surface area contributed by atoms with Crippen molar-refractivity contribution >= 4 is 47.3 Å². The number of hydrogen-bond donors (Lipinski definition) is 1. The SMILES string of the molecule is CCCCCCCCCCCCCCCCCCCC(c1cccs1)(c1cccs1)C(OC(C)Cn1cnc2c(N)ncnc21)P(=O)=O. The normalized spacial score (nSPS) is 13.3. The number of rotatable bonds is 26. The van der Waals surface area contributed by atoms with Gasteiger partial charge in [-0.15, -0.1) is 22.7 Å². The zero-order valence-electron chi connectivity index (χ0n) is 29.1. The van der Waals surface area contributed by atoms with Crippen LogP contribution in [0.3, 0.4) is 0 Å². The van der Waals surface area contributed by atoms with E-state index in [0.717, 1.165) is 22.6 Å². The van der Waals surface area contributed by atoms with E-state index in [1.165, 1.54) is 103 Å². The number of anilines is 1. The van der Waals surface area contributed by atoms with Crippen molar-refractivity contribution in [2.45, 2.75) is 153 Å². The van der Waals surface area contributed by atoms with Gasteiger partial charge in [-0.05, 0) is 36.2 Å². The molecule has 4 aromatic heterocycles. The number of thiophene rings is 2. The van der Waals surface area contributed by atoms with Crippen LogP contribution in [0.5, 0.6) is 0 Å². The molecule has 0 saturated carbocycles. The van der Waals surface area contributed by atoms with Crippen molar-refractivity contribution in [3.05, 3.63) is 57.4 Å². The maximum atomic E-state index is 13.2. The summed E-state index contributed by atoms with van der Waals surface area (Å²) in [6.45, 7) is 4.57. The topological polar surface area (TPSA) is 113 Å². The Morgan fingerprint density at radius 3 is 1.79 bits per heavy atom. The van der Waals surface area contributed by atoms with E-state index in [-0.39, 0.29) is 0 Å². The van der Waals surface area contributed by atoms with Crippen LogP contribution in [-0.2, 0) is 25.8 Å². The number of imidazole rings is 1. The molecule has 4 rings (SSSR count). The molecule has 4 heterocycles. The number of fused-ring (bicyclic) bond motifs is 1. The van der Waals surface area contributed by atoms with E-state index >= 15 is 0 Å². The van der Waals surface area contributed by atoms with Crippen LogP contribution in [-0.4, -0.2) is 31.5 Å². The molecule has 0 aliphatic heterocycles. The number of nitrogens with zero attached hydrogens (tertiary/aromatic N) is 4. The first-order valence-electron chi connectivity index (χ1n) is 18.3. The molecule has 0 radical (unpaired) electrons. The van der Waals surface area contributed by atoms with Crippen LogP contribution in [0, 0.1) is 0 Å². The molecule has 2 unspecified atom stereocenters. The van der Waals surface area contributed by atoms with Gasteiger partial charge in [0.2, 0.25) is 0 Å². The number of aromatic nitrogens is 4. The number of nitrogens with two attached hydrogens (primary N) is 1. The molecule has 8 nitrogen and oxygen atoms in total. The maximum absolute atomic E-state index is 13.2. The summed E-state index contributed by atoms with van der Waals surface area (Å²) in [4.78, 5) is 14.8. The van der Waals surface area contributed by atoms with Gasteiger partial charge in [0.1, 0.15) is 11.8 Å². The Morgan fingerprint density at radius 1 is 0.792 bits per heavy atom. The van der Waals surface area contributed by atoms with Gasteiger partial charge in [-0.25, -0.2) is 24.1 Å². The van der Waals surface area contributed by atoms with Gasteiger partial charge in [0.15, 0.2) is 17.3 Å². The van der Waals surface area contributed by atoms with Crippen molar-refractivity contribution in [1.29, 1.82) is 0 Å². The molecular weight excluding hydrogens is 658 g/mol. The van der Waals surface area contributed by atoms with Gasteiger partial charge < -0.3 is 15.0 Å². The van der Waals surface area contributed by atoms with Crippen LogP contribution >= 0.6 is 30.4 Å². The number of unbranched alkanes of at least 4 members (excludes halogenated alkanes) is 16. The van der Waals surface area contributed by atoms with E-state index in [9.17, 15) is 9.13 Å². The van der Waals surface area contributed by atoms with Crippen molar-refractivity contribution in [3.63, 3.8) is 0 Å². The standard InChI is InChI=1S/C37H56N5O3PS2/c1-3-4-5-6-7-8-9-10-11-12-13-14-15-16-17-18-19-24-37(31-22-20-25-47-31,32-23-21-26-48-32)36(46(43)44)45-30(2)27-42-29-41-33-34(38)39-28-40-35(33)42/h20-23,25-26,28-30,36H,3-19,24,27H2,1-2H3,(H2,38,39,40). The first-order valence-corrected chi connectivity index (χ1v) is 21.3. The highest BCUT2D eigenvalue weighted by molar-refractivity contribution is 7.31. The van der Waals surface area contributed by atoms with E-state index in [1.54, 1.807) is 29.0 Å². The second-order valence-corrected chi connectivity index (χ2v) is 16.2. The minimum atomic E-state index is -2.92. The summed E-state index contributed by atoms with van der Waals surface area (Å²) in [7, 11) is -2.92. The highest BCUT2D eigenvalue weighted by atomic mass is 32.1. The summed E-state index contributed by atoms with van der Waals surface area (Å²) >= 11 is 3.22. The zero-order chi connectivity index (χ0) is 34.0. The first-order chi connectivity index (χ1) is 23.5. The molecular formula is C37H56N5O3PS2. The molecule has 0 bridgehead atoms. The molecule has 0 aromatic carbocycles. The first kappa shape index (κ1) is 38.4. The van der Waals surface area contributed by atoms with Crippen molar-refractivity contribution in [3.8, 4) is 0 Å². The summed E-state index contributed by atoms with van der Waals surface area (Å²) < 4.78 is 34.8. The van der Waals surface area contributed by atoms with E-state index in [4.69, 9.17) is 10.5 Å². The van der Waals surface area contributed by atoms with Crippen LogP contribution in [0.2, 0.25) is 0 Å². The summed E-state index contributed by atoms with van der Waals surface area (Å²) in [6, 6.07) is 8.16. The lowest BCUT2D eigenvalue weighted by Crippen LogP contribution is -2.41. The summed E-state index contributed by atoms with van der Waals surface area (Å²) in [5.41, 5.74) is 6.35. The predicted molar refractivity (Wildman–Crippen MR) is 201 cm³/mol. The van der Waals surface area contributed by atoms with Crippen LogP contribution in [0.15, 0.2) is 47.7 Å². The number of hydrogen-bond acceptors (Lipinski definition) is 9. The Balaban J connectivity index is 1.29. The van der Waals surface area contributed by atoms with Crippen LogP contribution in [0.4, 0.5) is 5.82 Å². The maximum Gasteiger partial charge on any atom is 0.346 e. The van der Waals surface area contributed by atoms with Gasteiger partial charge in [0, 0.05) is 9.75 Å². The van der Waals surface area contributed by atoms with Gasteiger partial charge in [0.05, 0.1) is 24.4 Å². The monoisotopic (exact) mass is 713 g/mol. The van der Waals surface area contributed by atoms with Crippen LogP contribution < -0.4 is 5.73 Å². The van der Waals surface area contributed by atoms with Crippen molar-refractivity contribution in [1.82, 2.24) is 19.5 Å². The average molecular weight is 714 g/mol.